The number of rotatable bonds is 7. The van der Waals surface area contributed by atoms with Crippen molar-refractivity contribution in [1.29, 1.82) is 0 Å². The predicted molar refractivity (Wildman–Crippen MR) is 78.7 cm³/mol. The van der Waals surface area contributed by atoms with Crippen LogP contribution in [-0.2, 0) is 16.7 Å². The van der Waals surface area contributed by atoms with Crippen molar-refractivity contribution in [3.63, 3.8) is 0 Å². The van der Waals surface area contributed by atoms with Crippen LogP contribution in [0.15, 0.2) is 5.38 Å². The van der Waals surface area contributed by atoms with Crippen molar-refractivity contribution < 1.29 is 4.74 Å². The number of aromatic nitrogens is 1. The van der Waals surface area contributed by atoms with E-state index < -0.39 is 0 Å². The topological polar surface area (TPSA) is 25.4 Å². The van der Waals surface area contributed by atoms with Crippen molar-refractivity contribution in [2.75, 3.05) is 32.7 Å². The van der Waals surface area contributed by atoms with Crippen LogP contribution in [0, 0.1) is 0 Å². The maximum atomic E-state index is 5.55. The fraction of sp³-hybridized carbons (Fsp3) is 0.769. The zero-order chi connectivity index (χ0) is 13.6. The summed E-state index contributed by atoms with van der Waals surface area (Å²) in [6.07, 6.45) is 0. The van der Waals surface area contributed by atoms with Crippen molar-refractivity contribution in [1.82, 2.24) is 9.88 Å². The molecule has 0 aliphatic rings. The molecule has 104 valence electrons. The van der Waals surface area contributed by atoms with E-state index in [-0.39, 0.29) is 5.41 Å². The summed E-state index contributed by atoms with van der Waals surface area (Å²) < 4.78 is 5.36. The Bertz CT molecular complexity index is 349. The molecule has 18 heavy (non-hydrogen) atoms. The molecule has 0 N–H and O–H groups in total. The van der Waals surface area contributed by atoms with Gasteiger partial charge in [-0.25, -0.2) is 4.98 Å². The maximum Gasteiger partial charge on any atom is 0.107 e. The largest absolute Gasteiger partial charge is 0.379 e. The van der Waals surface area contributed by atoms with Gasteiger partial charge in [0.2, 0.25) is 0 Å². The van der Waals surface area contributed by atoms with Crippen LogP contribution in [0.4, 0.5) is 0 Å². The van der Waals surface area contributed by atoms with Crippen LogP contribution in [-0.4, -0.2) is 42.6 Å². The lowest BCUT2D eigenvalue weighted by molar-refractivity contribution is 0.121. The highest BCUT2D eigenvalue weighted by Gasteiger charge is 2.17. The molecule has 0 aromatic carbocycles. The summed E-state index contributed by atoms with van der Waals surface area (Å²) in [5.74, 6) is 0.561. The molecular formula is C13H23ClN2OS. The van der Waals surface area contributed by atoms with Gasteiger partial charge in [0.15, 0.2) is 0 Å². The van der Waals surface area contributed by atoms with Crippen molar-refractivity contribution in [3.05, 3.63) is 16.1 Å². The summed E-state index contributed by atoms with van der Waals surface area (Å²) in [7, 11) is 2.09. The van der Waals surface area contributed by atoms with Gasteiger partial charge in [0.1, 0.15) is 5.01 Å². The van der Waals surface area contributed by atoms with E-state index in [1.54, 1.807) is 11.3 Å². The molecule has 5 heteroatoms. The summed E-state index contributed by atoms with van der Waals surface area (Å²) in [5, 5.41) is 3.33. The van der Waals surface area contributed by atoms with Crippen LogP contribution in [0.25, 0.3) is 0 Å². The fourth-order valence-electron chi connectivity index (χ4n) is 1.41. The molecular weight excluding hydrogens is 268 g/mol. The molecule has 0 bridgehead atoms. The summed E-state index contributed by atoms with van der Waals surface area (Å²) in [6, 6.07) is 0. The van der Waals surface area contributed by atoms with E-state index in [1.807, 2.05) is 0 Å². The molecule has 1 aromatic heterocycles. The average molecular weight is 291 g/mol. The van der Waals surface area contributed by atoms with Gasteiger partial charge in [-0.1, -0.05) is 20.8 Å². The first kappa shape index (κ1) is 15.9. The third-order valence-corrected chi connectivity index (χ3v) is 3.55. The summed E-state index contributed by atoms with van der Waals surface area (Å²) in [6.45, 7) is 9.70. The first-order chi connectivity index (χ1) is 8.43. The van der Waals surface area contributed by atoms with Crippen molar-refractivity contribution in [3.8, 4) is 0 Å². The second kappa shape index (κ2) is 7.43. The minimum Gasteiger partial charge on any atom is -0.379 e. The number of hydrogen-bond donors (Lipinski definition) is 0. The zero-order valence-electron chi connectivity index (χ0n) is 11.7. The Morgan fingerprint density at radius 1 is 1.39 bits per heavy atom. The zero-order valence-corrected chi connectivity index (χ0v) is 13.3. The van der Waals surface area contributed by atoms with Gasteiger partial charge in [-0.15, -0.1) is 22.9 Å². The van der Waals surface area contributed by atoms with Crippen LogP contribution in [0.1, 0.15) is 31.5 Å². The molecule has 0 fully saturated rings. The lowest BCUT2D eigenvalue weighted by Gasteiger charge is -2.16. The summed E-state index contributed by atoms with van der Waals surface area (Å²) >= 11 is 7.28. The van der Waals surface area contributed by atoms with Gasteiger partial charge in [0, 0.05) is 23.2 Å². The van der Waals surface area contributed by atoms with E-state index in [9.17, 15) is 0 Å². The van der Waals surface area contributed by atoms with Gasteiger partial charge in [-0.2, -0.15) is 0 Å². The minimum absolute atomic E-state index is 0.136. The Balaban J connectivity index is 2.35. The van der Waals surface area contributed by atoms with Gasteiger partial charge < -0.3 is 4.74 Å². The molecule has 0 spiro atoms. The number of ether oxygens (including phenoxy) is 1. The van der Waals surface area contributed by atoms with E-state index in [0.717, 1.165) is 19.7 Å². The molecule has 3 nitrogen and oxygen atoms in total. The third-order valence-electron chi connectivity index (χ3n) is 2.56. The number of hydrogen-bond acceptors (Lipinski definition) is 4. The number of nitrogens with zero attached hydrogens (tertiary/aromatic N) is 2. The van der Waals surface area contributed by atoms with E-state index in [4.69, 9.17) is 16.3 Å². The standard InChI is InChI=1S/C13H23ClN2OS/c1-13(2,3)11-10-18-12(15-11)9-16(4)6-8-17-7-5-14/h10H,5-9H2,1-4H3. The van der Waals surface area contributed by atoms with E-state index in [0.29, 0.717) is 12.5 Å². The highest BCUT2D eigenvalue weighted by Crippen LogP contribution is 2.24. The van der Waals surface area contributed by atoms with Crippen LogP contribution >= 0.6 is 22.9 Å². The molecule has 1 heterocycles. The van der Waals surface area contributed by atoms with Crippen LogP contribution in [0.5, 0.6) is 0 Å². The van der Waals surface area contributed by atoms with E-state index in [2.05, 4.69) is 43.1 Å². The van der Waals surface area contributed by atoms with Crippen molar-refractivity contribution in [2.24, 2.45) is 0 Å². The summed E-state index contributed by atoms with van der Waals surface area (Å²) in [4.78, 5) is 6.90. The second-order valence-corrected chi connectivity index (χ2v) is 6.74. The molecule has 1 aromatic rings. The smallest absolute Gasteiger partial charge is 0.107 e. The first-order valence-electron chi connectivity index (χ1n) is 6.20. The second-order valence-electron chi connectivity index (χ2n) is 5.42. The first-order valence-corrected chi connectivity index (χ1v) is 7.62. The number of halogens is 1. The Morgan fingerprint density at radius 2 is 2.11 bits per heavy atom. The van der Waals surface area contributed by atoms with E-state index in [1.165, 1.54) is 10.7 Å². The number of thiazole rings is 1. The van der Waals surface area contributed by atoms with Gasteiger partial charge in [0.05, 0.1) is 25.5 Å². The van der Waals surface area contributed by atoms with Gasteiger partial charge in [0.25, 0.3) is 0 Å². The maximum absolute atomic E-state index is 5.55. The van der Waals surface area contributed by atoms with Crippen LogP contribution < -0.4 is 0 Å². The lowest BCUT2D eigenvalue weighted by Crippen LogP contribution is -2.23. The van der Waals surface area contributed by atoms with E-state index >= 15 is 0 Å². The van der Waals surface area contributed by atoms with Crippen LogP contribution in [0.3, 0.4) is 0 Å². The Morgan fingerprint density at radius 3 is 2.67 bits per heavy atom. The molecule has 0 saturated heterocycles. The highest BCUT2D eigenvalue weighted by molar-refractivity contribution is 7.09. The molecule has 0 saturated carbocycles. The SMILES string of the molecule is CN(CCOCCCl)Cc1nc(C(C)(C)C)cs1. The number of likely N-dealkylation sites (N-methyl/N-ethyl adjacent to an activating group) is 1. The Labute approximate surface area is 119 Å². The Kier molecular flexibility index (Phi) is 6.57. The summed E-state index contributed by atoms with van der Waals surface area (Å²) in [5.41, 5.74) is 1.31. The molecule has 0 aliphatic heterocycles. The third kappa shape index (κ3) is 5.65. The van der Waals surface area contributed by atoms with Crippen molar-refractivity contribution in [2.45, 2.75) is 32.7 Å². The normalized spacial score (nSPS) is 12.3. The van der Waals surface area contributed by atoms with Gasteiger partial charge in [-0.05, 0) is 7.05 Å². The molecule has 0 unspecified atom stereocenters. The average Bonchev–Trinajstić information content (AvgIpc) is 2.72. The van der Waals surface area contributed by atoms with Gasteiger partial charge in [-0.3, -0.25) is 4.90 Å². The molecule has 0 atom stereocenters. The Hall–Kier alpha value is -0.160. The quantitative estimate of drug-likeness (QED) is 0.570. The predicted octanol–water partition coefficient (Wildman–Crippen LogP) is 3.13. The van der Waals surface area contributed by atoms with Gasteiger partial charge >= 0.3 is 0 Å². The van der Waals surface area contributed by atoms with Crippen molar-refractivity contribution >= 4 is 22.9 Å². The highest BCUT2D eigenvalue weighted by atomic mass is 35.5. The molecule has 1 rings (SSSR count). The lowest BCUT2D eigenvalue weighted by atomic mass is 9.93. The minimum atomic E-state index is 0.136. The fourth-order valence-corrected chi connectivity index (χ4v) is 2.62. The molecule has 0 amide bonds. The monoisotopic (exact) mass is 290 g/mol. The number of alkyl halides is 1. The molecule has 0 radical (unpaired) electrons. The molecule has 0 aliphatic carbocycles. The van der Waals surface area contributed by atoms with Crippen LogP contribution in [0.2, 0.25) is 0 Å².